The number of hydrogen-bond donors (Lipinski definition) is 2. The van der Waals surface area contributed by atoms with Gasteiger partial charge in [0.25, 0.3) is 20.2 Å². The zero-order valence-corrected chi connectivity index (χ0v) is 31.9. The van der Waals surface area contributed by atoms with Gasteiger partial charge >= 0.3 is 0 Å². The van der Waals surface area contributed by atoms with E-state index in [9.17, 15) is 27.0 Å². The predicted octanol–water partition coefficient (Wildman–Crippen LogP) is 6.73. The van der Waals surface area contributed by atoms with Gasteiger partial charge in [-0.05, 0) is 113 Å². The highest BCUT2D eigenvalue weighted by molar-refractivity contribution is 7.87. The summed E-state index contributed by atoms with van der Waals surface area (Å²) < 4.78 is 75.3. The third-order valence-corrected chi connectivity index (χ3v) is 15.9. The van der Waals surface area contributed by atoms with Crippen molar-refractivity contribution < 1.29 is 44.6 Å². The summed E-state index contributed by atoms with van der Waals surface area (Å²) in [6, 6.07) is 14.2. The Balaban J connectivity index is 1.07. The topological polar surface area (TPSA) is 150 Å². The lowest BCUT2D eigenvalue weighted by Crippen LogP contribution is -2.63. The third kappa shape index (κ3) is 6.31. The number of rotatable bonds is 11. The van der Waals surface area contributed by atoms with Crippen LogP contribution in [0.25, 0.3) is 0 Å². The van der Waals surface area contributed by atoms with Crippen molar-refractivity contribution >= 4 is 20.2 Å². The summed E-state index contributed by atoms with van der Waals surface area (Å²) in [5.74, 6) is 0.263. The van der Waals surface area contributed by atoms with Crippen molar-refractivity contribution in [2.75, 3.05) is 13.2 Å². The number of furan rings is 1. The molecule has 52 heavy (non-hydrogen) atoms. The molecule has 0 radical (unpaired) electrons. The Bertz CT molecular complexity index is 2010. The molecular weight excluding hydrogens is 705 g/mol. The molecule has 0 saturated heterocycles. The number of benzene rings is 2. The molecule has 10 nitrogen and oxygen atoms in total. The van der Waals surface area contributed by atoms with E-state index in [0.717, 1.165) is 42.4 Å². The molecule has 4 aliphatic rings. The van der Waals surface area contributed by atoms with E-state index >= 15 is 0 Å². The average molecular weight is 755 g/mol. The largest absolute Gasteiger partial charge is 0.472 e. The van der Waals surface area contributed by atoms with E-state index in [4.69, 9.17) is 17.5 Å². The lowest BCUT2D eigenvalue weighted by atomic mass is 9.44. The number of ether oxygens (including phenoxy) is 1. The first-order valence-electron chi connectivity index (χ1n) is 18.3. The van der Waals surface area contributed by atoms with Crippen LogP contribution in [-0.4, -0.2) is 58.1 Å². The van der Waals surface area contributed by atoms with Crippen LogP contribution in [-0.2, 0) is 38.9 Å². The molecule has 282 valence electrons. The minimum Gasteiger partial charge on any atom is -0.472 e. The maximum atomic E-state index is 13.3. The van der Waals surface area contributed by atoms with Gasteiger partial charge in [-0.1, -0.05) is 60.9 Å². The van der Waals surface area contributed by atoms with Crippen LogP contribution in [0.15, 0.2) is 93.0 Å². The lowest BCUT2D eigenvalue weighted by Gasteiger charge is -2.62. The van der Waals surface area contributed by atoms with Gasteiger partial charge in [0, 0.05) is 11.0 Å². The summed E-state index contributed by atoms with van der Waals surface area (Å²) >= 11 is 0. The molecule has 2 aromatic carbocycles. The van der Waals surface area contributed by atoms with Crippen molar-refractivity contribution in [3.8, 4) is 0 Å². The summed E-state index contributed by atoms with van der Waals surface area (Å²) in [6.45, 7) is 7.26. The highest BCUT2D eigenvalue weighted by Gasteiger charge is 2.71. The van der Waals surface area contributed by atoms with E-state index < -0.39 is 49.6 Å². The zero-order chi connectivity index (χ0) is 37.2. The predicted molar refractivity (Wildman–Crippen MR) is 193 cm³/mol. The highest BCUT2D eigenvalue weighted by atomic mass is 32.2. The molecule has 0 aliphatic heterocycles. The summed E-state index contributed by atoms with van der Waals surface area (Å²) in [6.07, 6.45) is 9.38. The van der Waals surface area contributed by atoms with Gasteiger partial charge in [-0.3, -0.25) is 8.37 Å². The van der Waals surface area contributed by atoms with Crippen LogP contribution in [0.4, 0.5) is 0 Å². The molecule has 7 rings (SSSR count). The van der Waals surface area contributed by atoms with E-state index in [2.05, 4.69) is 19.9 Å². The van der Waals surface area contributed by atoms with Crippen molar-refractivity contribution in [2.45, 2.75) is 112 Å². The van der Waals surface area contributed by atoms with Gasteiger partial charge in [-0.2, -0.15) is 16.8 Å². The molecule has 3 aromatic rings. The Morgan fingerprint density at radius 2 is 1.44 bits per heavy atom. The summed E-state index contributed by atoms with van der Waals surface area (Å²) in [4.78, 5) is -0.0879. The fourth-order valence-corrected chi connectivity index (χ4v) is 12.0. The van der Waals surface area contributed by atoms with Gasteiger partial charge in [0.2, 0.25) is 0 Å². The zero-order valence-electron chi connectivity index (χ0n) is 30.3. The number of fused-ring (bicyclic) bond motifs is 5. The van der Waals surface area contributed by atoms with Gasteiger partial charge in [0.05, 0.1) is 47.2 Å². The van der Waals surface area contributed by atoms with Crippen LogP contribution in [0, 0.1) is 36.5 Å². The van der Waals surface area contributed by atoms with E-state index in [0.29, 0.717) is 25.7 Å². The maximum absolute atomic E-state index is 13.3. The van der Waals surface area contributed by atoms with E-state index in [1.807, 2.05) is 19.9 Å². The standard InChI is InChI=1S/C40H50O10S2/c1-27-5-10-33(11-6-27)51(43,44)49-26-32(50-52(45,46)34-12-7-28(2)8-13-34)25-48-31-15-18-37(3)29(23-31)9-14-36-35(37)16-19-38(4)39(41,20-21-40(36,38)42)30-17-22-47-24-30/h5-8,10-13,17,22-24,31-32,35-36,41-42H,9,14-16,18-21,25-26H2,1-4H3/t31?,32-,35+,36+,37-,38+,39?,40+/m0/s1. The summed E-state index contributed by atoms with van der Waals surface area (Å²) in [5, 5.41) is 24.6. The third-order valence-electron chi connectivity index (χ3n) is 13.2. The first-order chi connectivity index (χ1) is 24.5. The van der Waals surface area contributed by atoms with Crippen LogP contribution < -0.4 is 0 Å². The lowest BCUT2D eigenvalue weighted by molar-refractivity contribution is -0.222. The first-order valence-corrected chi connectivity index (χ1v) is 21.1. The molecule has 0 spiro atoms. The molecule has 12 heteroatoms. The Labute approximate surface area is 307 Å². The molecule has 4 aliphatic carbocycles. The van der Waals surface area contributed by atoms with Gasteiger partial charge in [-0.15, -0.1) is 0 Å². The monoisotopic (exact) mass is 754 g/mol. The smallest absolute Gasteiger partial charge is 0.297 e. The molecule has 0 amide bonds. The number of aliphatic hydroxyl groups is 2. The molecule has 2 unspecified atom stereocenters. The van der Waals surface area contributed by atoms with Crippen molar-refractivity contribution in [3.05, 3.63) is 95.5 Å². The van der Waals surface area contributed by atoms with Crippen LogP contribution in [0.3, 0.4) is 0 Å². The van der Waals surface area contributed by atoms with Crippen LogP contribution >= 0.6 is 0 Å². The van der Waals surface area contributed by atoms with Crippen molar-refractivity contribution in [2.24, 2.45) is 22.7 Å². The second-order valence-corrected chi connectivity index (χ2v) is 19.2. The Hall–Kier alpha value is -2.84. The quantitative estimate of drug-likeness (QED) is 0.160. The molecule has 2 N–H and O–H groups in total. The molecular formula is C40H50O10S2. The number of allylic oxidation sites excluding steroid dienone is 1. The van der Waals surface area contributed by atoms with Crippen LogP contribution in [0.1, 0.15) is 81.9 Å². The van der Waals surface area contributed by atoms with Gasteiger partial charge in [0.15, 0.2) is 0 Å². The van der Waals surface area contributed by atoms with Crippen LogP contribution in [0.5, 0.6) is 0 Å². The SMILES string of the molecule is Cc1ccc(S(=O)(=O)OC[C@H](COC2C=C3CC[C@@H]4[C@@H](CC[C@]5(C)C(O)(c6ccoc6)CC[C@@]45O)[C@@]3(C)CC2)OS(=O)(=O)c2ccc(C)cc2)cc1. The average Bonchev–Trinajstić information content (AvgIpc) is 3.73. The second kappa shape index (κ2) is 13.5. The highest BCUT2D eigenvalue weighted by Crippen LogP contribution is 2.71. The molecule has 1 aromatic heterocycles. The minimum atomic E-state index is -4.27. The Kier molecular flexibility index (Phi) is 9.71. The molecule has 8 atom stereocenters. The van der Waals surface area contributed by atoms with E-state index in [-0.39, 0.29) is 39.8 Å². The normalized spacial score (nSPS) is 33.8. The van der Waals surface area contributed by atoms with E-state index in [1.165, 1.54) is 29.8 Å². The van der Waals surface area contributed by atoms with Crippen molar-refractivity contribution in [1.82, 2.24) is 0 Å². The second-order valence-electron chi connectivity index (χ2n) is 16.0. The van der Waals surface area contributed by atoms with Gasteiger partial charge < -0.3 is 19.4 Å². The van der Waals surface area contributed by atoms with Gasteiger partial charge in [-0.25, -0.2) is 0 Å². The molecule has 3 fully saturated rings. The molecule has 3 saturated carbocycles. The minimum absolute atomic E-state index is 0.0317. The van der Waals surface area contributed by atoms with Crippen molar-refractivity contribution in [3.63, 3.8) is 0 Å². The number of hydrogen-bond acceptors (Lipinski definition) is 10. The molecule has 1 heterocycles. The maximum Gasteiger partial charge on any atom is 0.297 e. The van der Waals surface area contributed by atoms with Crippen LogP contribution in [0.2, 0.25) is 0 Å². The van der Waals surface area contributed by atoms with Gasteiger partial charge in [0.1, 0.15) is 11.7 Å². The first kappa shape index (κ1) is 37.5. The Morgan fingerprint density at radius 1 is 0.788 bits per heavy atom. The summed E-state index contributed by atoms with van der Waals surface area (Å²) in [5.41, 5.74) is 0.733. The Morgan fingerprint density at radius 3 is 2.08 bits per heavy atom. The summed E-state index contributed by atoms with van der Waals surface area (Å²) in [7, 11) is -8.46. The number of aryl methyl sites for hydroxylation is 2. The fourth-order valence-electron chi connectivity index (χ4n) is 9.99. The molecule has 0 bridgehead atoms. The van der Waals surface area contributed by atoms with Crippen molar-refractivity contribution in [1.29, 1.82) is 0 Å². The fraction of sp³-hybridized carbons (Fsp3) is 0.550. The van der Waals surface area contributed by atoms with E-state index in [1.54, 1.807) is 36.8 Å².